The Balaban J connectivity index is 3.78. The molecule has 0 rings (SSSR count). The van der Waals surface area contributed by atoms with Crippen LogP contribution in [0, 0.1) is 0 Å². The van der Waals surface area contributed by atoms with Crippen LogP contribution in [0.5, 0.6) is 0 Å². The van der Waals surface area contributed by atoms with E-state index in [0.29, 0.717) is 12.8 Å². The van der Waals surface area contributed by atoms with E-state index in [-0.39, 0.29) is 6.42 Å². The van der Waals surface area contributed by atoms with Gasteiger partial charge in [-0.2, -0.15) is 0 Å². The summed E-state index contributed by atoms with van der Waals surface area (Å²) in [5.41, 5.74) is 0. The quantitative estimate of drug-likeness (QED) is 0.385. The lowest BCUT2D eigenvalue weighted by Gasteiger charge is -1.97. The number of aliphatic carboxylic acids is 1. The van der Waals surface area contributed by atoms with Crippen LogP contribution in [-0.4, -0.2) is 22.3 Å². The van der Waals surface area contributed by atoms with E-state index in [4.69, 9.17) is 6.48 Å². The molecule has 2 N–H and O–H groups in total. The normalized spacial score (nSPS) is 15.8. The molecular formula is C18H30O3. The highest BCUT2D eigenvalue weighted by atomic mass is 16.4. The van der Waals surface area contributed by atoms with Crippen molar-refractivity contribution in [3.8, 4) is 0 Å². The van der Waals surface area contributed by atoms with Gasteiger partial charge in [0.05, 0.1) is 7.45 Å². The minimum absolute atomic E-state index is 0.226. The molecule has 0 aromatic carbocycles. The van der Waals surface area contributed by atoms with Gasteiger partial charge >= 0.3 is 5.97 Å². The zero-order valence-electron chi connectivity index (χ0n) is 14.1. The zero-order valence-corrected chi connectivity index (χ0v) is 13.1. The second-order valence-electron chi connectivity index (χ2n) is 5.07. The van der Waals surface area contributed by atoms with E-state index in [9.17, 15) is 9.90 Å². The number of aliphatic hydroxyl groups is 1. The van der Waals surface area contributed by atoms with E-state index < -0.39 is 12.0 Å². The maximum Gasteiger partial charge on any atom is 0.303 e. The third-order valence-corrected chi connectivity index (χ3v) is 3.00. The van der Waals surface area contributed by atoms with Gasteiger partial charge in [0.25, 0.3) is 0 Å². The summed E-state index contributed by atoms with van der Waals surface area (Å²) in [6.07, 6.45) is 16.7. The van der Waals surface area contributed by atoms with Crippen LogP contribution in [0.2, 0.25) is 0 Å². The summed E-state index contributed by atoms with van der Waals surface area (Å²) in [5.74, 6) is -0.746. The van der Waals surface area contributed by atoms with Crippen LogP contribution in [0.3, 0.4) is 0 Å². The highest BCUT2D eigenvalue weighted by molar-refractivity contribution is 5.66. The molecule has 3 heteroatoms. The molecular weight excluding hydrogens is 264 g/mol. The molecule has 0 aromatic rings. The van der Waals surface area contributed by atoms with Crippen LogP contribution in [0.1, 0.15) is 66.1 Å². The van der Waals surface area contributed by atoms with Crippen LogP contribution in [-0.2, 0) is 4.79 Å². The van der Waals surface area contributed by atoms with E-state index >= 15 is 0 Å². The number of carbonyl (C=O) groups is 1. The summed E-state index contributed by atoms with van der Waals surface area (Å²) in [4.78, 5) is 10.3. The SMILES string of the molecule is [2H][C@@](O)(/C=C\C/C=C\CCCCC(=O)O)/C=C\CCCCC. The van der Waals surface area contributed by atoms with Crippen molar-refractivity contribution >= 4 is 5.97 Å². The Kier molecular flexibility index (Phi) is 12.7. The average Bonchev–Trinajstić information content (AvgIpc) is 2.45. The third kappa shape index (κ3) is 16.6. The molecule has 120 valence electrons. The fraction of sp³-hybridized carbons (Fsp3) is 0.611. The zero-order chi connectivity index (χ0) is 16.7. The van der Waals surface area contributed by atoms with Gasteiger partial charge in [-0.25, -0.2) is 0 Å². The van der Waals surface area contributed by atoms with Crippen molar-refractivity contribution in [2.75, 3.05) is 0 Å². The van der Waals surface area contributed by atoms with Crippen LogP contribution < -0.4 is 0 Å². The number of carboxylic acid groups (broad SMARTS) is 1. The van der Waals surface area contributed by atoms with Crippen LogP contribution in [0.4, 0.5) is 0 Å². The third-order valence-electron chi connectivity index (χ3n) is 3.00. The topological polar surface area (TPSA) is 57.5 Å². The first-order valence-electron chi connectivity index (χ1n) is 8.42. The van der Waals surface area contributed by atoms with Gasteiger partial charge in [-0.15, -0.1) is 0 Å². The lowest BCUT2D eigenvalue weighted by atomic mass is 10.1. The number of carboxylic acids is 1. The minimum Gasteiger partial charge on any atom is -0.481 e. The maximum absolute atomic E-state index is 10.3. The fourth-order valence-electron chi connectivity index (χ4n) is 1.79. The molecule has 0 unspecified atom stereocenters. The first-order valence-corrected chi connectivity index (χ1v) is 7.92. The van der Waals surface area contributed by atoms with E-state index in [2.05, 4.69) is 6.92 Å². The Morgan fingerprint density at radius 3 is 2.43 bits per heavy atom. The highest BCUT2D eigenvalue weighted by Crippen LogP contribution is 2.03. The molecule has 0 aliphatic carbocycles. The van der Waals surface area contributed by atoms with Crippen LogP contribution in [0.25, 0.3) is 0 Å². The minimum atomic E-state index is -1.62. The molecule has 1 atom stereocenters. The van der Waals surface area contributed by atoms with Crippen molar-refractivity contribution in [1.29, 1.82) is 0 Å². The molecule has 0 saturated carbocycles. The van der Waals surface area contributed by atoms with E-state index in [1.807, 2.05) is 18.2 Å². The molecule has 0 spiro atoms. The number of hydrogen-bond donors (Lipinski definition) is 2. The molecule has 0 amide bonds. The molecule has 0 saturated heterocycles. The van der Waals surface area contributed by atoms with Crippen LogP contribution in [0.15, 0.2) is 36.5 Å². The molecule has 0 aliphatic rings. The van der Waals surface area contributed by atoms with Gasteiger partial charge in [0, 0.05) is 6.42 Å². The van der Waals surface area contributed by atoms with Crippen molar-refractivity contribution < 1.29 is 16.4 Å². The summed E-state index contributed by atoms with van der Waals surface area (Å²) in [7, 11) is 0. The summed E-state index contributed by atoms with van der Waals surface area (Å²) in [6, 6.07) is 0. The second kappa shape index (κ2) is 15.0. The first kappa shape index (κ1) is 17.7. The fourth-order valence-corrected chi connectivity index (χ4v) is 1.79. The molecule has 21 heavy (non-hydrogen) atoms. The number of allylic oxidation sites excluding steroid dienone is 4. The lowest BCUT2D eigenvalue weighted by Crippen LogP contribution is -1.95. The van der Waals surface area contributed by atoms with E-state index in [1.165, 1.54) is 25.0 Å². The van der Waals surface area contributed by atoms with Gasteiger partial charge in [-0.05, 0) is 38.5 Å². The number of unbranched alkanes of at least 4 members (excludes halogenated alkanes) is 5. The summed E-state index contributed by atoms with van der Waals surface area (Å²) in [5, 5.41) is 18.3. The summed E-state index contributed by atoms with van der Waals surface area (Å²) < 4.78 is 7.72. The monoisotopic (exact) mass is 295 g/mol. The molecule has 0 aromatic heterocycles. The van der Waals surface area contributed by atoms with Gasteiger partial charge in [0.2, 0.25) is 0 Å². The predicted octanol–water partition coefficient (Wildman–Crippen LogP) is 4.63. The van der Waals surface area contributed by atoms with Crippen LogP contribution >= 0.6 is 0 Å². The van der Waals surface area contributed by atoms with Gasteiger partial charge in [0.15, 0.2) is 0 Å². The Morgan fingerprint density at radius 1 is 1.05 bits per heavy atom. The number of rotatable bonds is 13. The van der Waals surface area contributed by atoms with Crippen molar-refractivity contribution in [1.82, 2.24) is 0 Å². The van der Waals surface area contributed by atoms with Crippen molar-refractivity contribution in [2.24, 2.45) is 0 Å². The number of hydrogen-bond acceptors (Lipinski definition) is 2. The molecule has 0 fully saturated rings. The Labute approximate surface area is 130 Å². The second-order valence-corrected chi connectivity index (χ2v) is 5.07. The predicted molar refractivity (Wildman–Crippen MR) is 88.3 cm³/mol. The summed E-state index contributed by atoms with van der Waals surface area (Å²) >= 11 is 0. The van der Waals surface area contributed by atoms with Gasteiger partial charge in [-0.1, -0.05) is 56.2 Å². The average molecular weight is 295 g/mol. The van der Waals surface area contributed by atoms with E-state index in [0.717, 1.165) is 25.7 Å². The summed E-state index contributed by atoms with van der Waals surface area (Å²) in [6.45, 7) is 2.15. The van der Waals surface area contributed by atoms with E-state index in [1.54, 1.807) is 6.08 Å². The highest BCUT2D eigenvalue weighted by Gasteiger charge is 1.94. The van der Waals surface area contributed by atoms with Gasteiger partial charge < -0.3 is 10.2 Å². The standard InChI is InChI=1S/C18H30O3/c1-2-3-4-8-11-14-17(19)15-12-9-6-5-7-10-13-16-18(20)21/h5-6,11-12,14-15,17,19H,2-4,7-10,13,16H2,1H3,(H,20,21)/b6-5-,14-11-,15-12-/t17-/m0/s1/i17D. The Bertz CT molecular complexity index is 371. The first-order chi connectivity index (χ1) is 10.5. The maximum atomic E-state index is 10.3. The molecule has 0 radical (unpaired) electrons. The van der Waals surface area contributed by atoms with Crippen molar-refractivity contribution in [3.63, 3.8) is 0 Å². The molecule has 0 bridgehead atoms. The van der Waals surface area contributed by atoms with Gasteiger partial charge in [0.1, 0.15) is 0 Å². The molecule has 0 heterocycles. The Morgan fingerprint density at radius 2 is 1.71 bits per heavy atom. The molecule has 0 aliphatic heterocycles. The largest absolute Gasteiger partial charge is 0.481 e. The van der Waals surface area contributed by atoms with Crippen molar-refractivity contribution in [2.45, 2.75) is 70.8 Å². The molecule has 3 nitrogen and oxygen atoms in total. The smallest absolute Gasteiger partial charge is 0.303 e. The van der Waals surface area contributed by atoms with Crippen molar-refractivity contribution in [3.05, 3.63) is 36.5 Å². The van der Waals surface area contributed by atoms with Gasteiger partial charge in [-0.3, -0.25) is 4.79 Å². The lowest BCUT2D eigenvalue weighted by molar-refractivity contribution is -0.137. The Hall–Kier alpha value is -1.35.